The summed E-state index contributed by atoms with van der Waals surface area (Å²) in [4.78, 5) is 61.0. The molecule has 2 atom stereocenters. The lowest BCUT2D eigenvalue weighted by molar-refractivity contribution is -0.129. The van der Waals surface area contributed by atoms with Gasteiger partial charge in [0.1, 0.15) is 0 Å². The lowest BCUT2D eigenvalue weighted by atomic mass is 9.62. The van der Waals surface area contributed by atoms with Crippen LogP contribution >= 0.6 is 0 Å². The Morgan fingerprint density at radius 3 is 1.33 bits per heavy atom. The maximum absolute atomic E-state index is 13.8. The summed E-state index contributed by atoms with van der Waals surface area (Å²) in [6, 6.07) is -0.785. The Kier molecular flexibility index (Phi) is 26.0. The molecule has 10 nitrogen and oxygen atoms in total. The van der Waals surface area contributed by atoms with Gasteiger partial charge in [0.15, 0.2) is 0 Å². The fourth-order valence-corrected chi connectivity index (χ4v) is 8.23. The third-order valence-corrected chi connectivity index (χ3v) is 11.1. The van der Waals surface area contributed by atoms with Crippen LogP contribution in [0, 0.1) is 10.8 Å². The number of amides is 6. The molecule has 1 aliphatic carbocycles. The maximum Gasteiger partial charge on any atom is 0.324 e. The van der Waals surface area contributed by atoms with Crippen molar-refractivity contribution < 1.29 is 19.2 Å². The third kappa shape index (κ3) is 23.0. The number of nitrogens with one attached hydrogen (secondary N) is 2. The number of likely N-dealkylation sites (N-methyl/N-ethyl adjacent to an activating group) is 2. The highest BCUT2D eigenvalue weighted by Gasteiger charge is 2.42. The van der Waals surface area contributed by atoms with E-state index in [1.807, 2.05) is 38.0 Å². The monoisotopic (exact) mass is 763 g/mol. The topological polar surface area (TPSA) is 105 Å². The van der Waals surface area contributed by atoms with Crippen LogP contribution in [0.1, 0.15) is 182 Å². The summed E-state index contributed by atoms with van der Waals surface area (Å²) in [5.41, 5.74) is -0.376. The van der Waals surface area contributed by atoms with E-state index in [4.69, 9.17) is 0 Å². The van der Waals surface area contributed by atoms with E-state index in [9.17, 15) is 19.2 Å². The minimum atomic E-state index is -0.333. The second-order valence-corrected chi connectivity index (χ2v) is 18.2. The molecule has 0 aliphatic heterocycles. The van der Waals surface area contributed by atoms with Gasteiger partial charge in [-0.2, -0.15) is 0 Å². The summed E-state index contributed by atoms with van der Waals surface area (Å²) in [5, 5.41) is 6.38. The lowest BCUT2D eigenvalue weighted by Crippen LogP contribution is -2.55. The summed E-state index contributed by atoms with van der Waals surface area (Å²) < 4.78 is 0. The van der Waals surface area contributed by atoms with Gasteiger partial charge in [0.05, 0.1) is 0 Å². The molecule has 2 N–H and O–H groups in total. The summed E-state index contributed by atoms with van der Waals surface area (Å²) >= 11 is 0. The maximum atomic E-state index is 13.8. The normalized spacial score (nSPS) is 18.2. The van der Waals surface area contributed by atoms with Crippen LogP contribution in [0.25, 0.3) is 0 Å². The molecule has 6 amide bonds. The van der Waals surface area contributed by atoms with Crippen LogP contribution in [-0.4, -0.2) is 110 Å². The minimum Gasteiger partial charge on any atom is -0.337 e. The molecule has 0 aromatic rings. The van der Waals surface area contributed by atoms with E-state index in [-0.39, 0.29) is 40.7 Å². The first kappa shape index (κ1) is 49.8. The van der Waals surface area contributed by atoms with Gasteiger partial charge < -0.3 is 20.4 Å². The van der Waals surface area contributed by atoms with E-state index in [0.717, 1.165) is 51.4 Å². The molecule has 0 spiro atoms. The number of urea groups is 2. The highest BCUT2D eigenvalue weighted by Crippen LogP contribution is 2.46. The summed E-state index contributed by atoms with van der Waals surface area (Å²) in [6.45, 7) is 13.4. The van der Waals surface area contributed by atoms with Gasteiger partial charge in [0.2, 0.25) is 11.8 Å². The molecule has 316 valence electrons. The van der Waals surface area contributed by atoms with Crippen molar-refractivity contribution in [2.45, 2.75) is 188 Å². The third-order valence-electron chi connectivity index (χ3n) is 11.1. The molecule has 1 fully saturated rings. The number of nitrogens with zero attached hydrogens (tertiary/aromatic N) is 4. The Bertz CT molecular complexity index is 1050. The predicted molar refractivity (Wildman–Crippen MR) is 226 cm³/mol. The first-order valence-electron chi connectivity index (χ1n) is 22.1. The zero-order chi connectivity index (χ0) is 40.4. The summed E-state index contributed by atoms with van der Waals surface area (Å²) in [7, 11) is 7.81. The fourth-order valence-electron chi connectivity index (χ4n) is 8.23. The van der Waals surface area contributed by atoms with Gasteiger partial charge in [-0.25, -0.2) is 9.59 Å². The minimum absolute atomic E-state index is 0.0822. The standard InChI is InChI=1S/C44H86N6O4/c1-10-12-14-16-18-20-22-24-26-28-39(51)49(32-30-47(6)7)41(53)45-37-44(5)35-38(34-43(3,4)36-44)46-42(54)50(33-31-48(8)9)40(52)29-27-25-23-21-19-17-15-13-11-2/h38H,10-37H2,1-9H3,(H,45,53)(H,46,54). The molecular formula is C44H86N6O4. The van der Waals surface area contributed by atoms with Gasteiger partial charge in [-0.1, -0.05) is 137 Å². The van der Waals surface area contributed by atoms with Gasteiger partial charge >= 0.3 is 12.1 Å². The van der Waals surface area contributed by atoms with Crippen molar-refractivity contribution in [1.82, 2.24) is 30.2 Å². The number of hydrogen-bond donors (Lipinski definition) is 2. The molecule has 1 rings (SSSR count). The van der Waals surface area contributed by atoms with Crippen LogP contribution in [0.2, 0.25) is 0 Å². The first-order valence-corrected chi connectivity index (χ1v) is 22.1. The van der Waals surface area contributed by atoms with Crippen molar-refractivity contribution in [1.29, 1.82) is 0 Å². The van der Waals surface area contributed by atoms with Gasteiger partial charge in [-0.15, -0.1) is 0 Å². The van der Waals surface area contributed by atoms with Crippen LogP contribution in [0.5, 0.6) is 0 Å². The van der Waals surface area contributed by atoms with E-state index >= 15 is 0 Å². The SMILES string of the molecule is CCCCCCCCCCCC(=O)N(CCN(C)C)C(=O)NCC1(C)CC(NC(=O)N(CCN(C)C)C(=O)CCCCCCCCCCC)CC(C)(C)C1. The van der Waals surface area contributed by atoms with Crippen molar-refractivity contribution in [3.63, 3.8) is 0 Å². The van der Waals surface area contributed by atoms with Gasteiger partial charge in [-0.05, 0) is 71.1 Å². The van der Waals surface area contributed by atoms with Crippen molar-refractivity contribution in [3.05, 3.63) is 0 Å². The largest absolute Gasteiger partial charge is 0.337 e. The number of unbranched alkanes of at least 4 members (excludes halogenated alkanes) is 16. The van der Waals surface area contributed by atoms with Gasteiger partial charge in [0, 0.05) is 51.6 Å². The van der Waals surface area contributed by atoms with Crippen molar-refractivity contribution >= 4 is 23.9 Å². The molecule has 1 saturated carbocycles. The van der Waals surface area contributed by atoms with Gasteiger partial charge in [-0.3, -0.25) is 19.4 Å². The zero-order valence-electron chi connectivity index (χ0n) is 36.8. The number of hydrogen-bond acceptors (Lipinski definition) is 6. The van der Waals surface area contributed by atoms with Crippen molar-refractivity contribution in [3.8, 4) is 0 Å². The second-order valence-electron chi connectivity index (χ2n) is 18.2. The fraction of sp³-hybridized carbons (Fsp3) is 0.909. The molecular weight excluding hydrogens is 677 g/mol. The molecule has 0 bridgehead atoms. The van der Waals surface area contributed by atoms with E-state index in [0.29, 0.717) is 52.0 Å². The molecule has 0 saturated heterocycles. The molecule has 1 aliphatic rings. The quantitative estimate of drug-likeness (QED) is 0.0736. The second kappa shape index (κ2) is 28.2. The van der Waals surface area contributed by atoms with E-state index < -0.39 is 0 Å². The molecule has 0 radical (unpaired) electrons. The average Bonchev–Trinajstić information content (AvgIpc) is 3.08. The molecule has 0 aromatic heterocycles. The van der Waals surface area contributed by atoms with E-state index in [1.54, 1.807) is 0 Å². The van der Waals surface area contributed by atoms with Crippen LogP contribution in [0.4, 0.5) is 9.59 Å². The molecule has 0 heterocycles. The summed E-state index contributed by atoms with van der Waals surface area (Å²) in [6.07, 6.45) is 24.3. The Morgan fingerprint density at radius 2 is 0.926 bits per heavy atom. The van der Waals surface area contributed by atoms with Crippen molar-refractivity contribution in [2.75, 3.05) is 60.9 Å². The van der Waals surface area contributed by atoms with E-state index in [2.05, 4.69) is 45.3 Å². The number of carbonyl (C=O) groups is 4. The Morgan fingerprint density at radius 1 is 0.537 bits per heavy atom. The first-order chi connectivity index (χ1) is 25.6. The number of carbonyl (C=O) groups excluding carboxylic acids is 4. The predicted octanol–water partition coefficient (Wildman–Crippen LogP) is 9.61. The summed E-state index contributed by atoms with van der Waals surface area (Å²) in [5.74, 6) is -0.214. The Balaban J connectivity index is 2.79. The molecule has 10 heteroatoms. The molecule has 0 aromatic carbocycles. The number of rotatable bonds is 29. The van der Waals surface area contributed by atoms with Crippen LogP contribution in [0.15, 0.2) is 0 Å². The molecule has 2 unspecified atom stereocenters. The smallest absolute Gasteiger partial charge is 0.324 e. The van der Waals surface area contributed by atoms with Crippen LogP contribution in [-0.2, 0) is 9.59 Å². The average molecular weight is 763 g/mol. The van der Waals surface area contributed by atoms with Crippen LogP contribution in [0.3, 0.4) is 0 Å². The highest BCUT2D eigenvalue weighted by atomic mass is 16.2. The Hall–Kier alpha value is -2.20. The molecule has 54 heavy (non-hydrogen) atoms. The van der Waals surface area contributed by atoms with E-state index in [1.165, 1.54) is 86.8 Å². The van der Waals surface area contributed by atoms with Crippen LogP contribution < -0.4 is 10.6 Å². The zero-order valence-corrected chi connectivity index (χ0v) is 36.8. The Labute approximate surface area is 332 Å². The highest BCUT2D eigenvalue weighted by molar-refractivity contribution is 5.95. The van der Waals surface area contributed by atoms with Crippen molar-refractivity contribution in [2.24, 2.45) is 10.8 Å². The number of imide groups is 2. The lowest BCUT2D eigenvalue weighted by Gasteiger charge is -2.47. The van der Waals surface area contributed by atoms with Gasteiger partial charge in [0.25, 0.3) is 0 Å².